The van der Waals surface area contributed by atoms with Crippen LogP contribution in [0.3, 0.4) is 0 Å². The van der Waals surface area contributed by atoms with Gasteiger partial charge < -0.3 is 5.32 Å². The van der Waals surface area contributed by atoms with Crippen molar-refractivity contribution < 1.29 is 8.42 Å². The molecule has 0 bridgehead atoms. The highest BCUT2D eigenvalue weighted by atomic mass is 32.2. The van der Waals surface area contributed by atoms with Crippen molar-refractivity contribution in [1.29, 1.82) is 0 Å². The molecule has 0 aromatic carbocycles. The Hall–Kier alpha value is -1.29. The lowest BCUT2D eigenvalue weighted by atomic mass is 10.6. The Morgan fingerprint density at radius 3 is 2.95 bits per heavy atom. The van der Waals surface area contributed by atoms with Crippen molar-refractivity contribution in [3.8, 4) is 0 Å². The first-order valence-corrected chi connectivity index (χ1v) is 8.58. The van der Waals surface area contributed by atoms with E-state index in [4.69, 9.17) is 0 Å². The molecule has 2 aromatic rings. The van der Waals surface area contributed by atoms with Gasteiger partial charge in [0.05, 0.1) is 18.3 Å². The second-order valence-corrected chi connectivity index (χ2v) is 6.82. The molecule has 110 valence electrons. The molecule has 2 aromatic heterocycles. The van der Waals surface area contributed by atoms with Crippen molar-refractivity contribution in [1.82, 2.24) is 24.8 Å². The van der Waals surface area contributed by atoms with Gasteiger partial charge in [-0.15, -0.1) is 11.3 Å². The molecule has 0 aliphatic carbocycles. The molecule has 2 heterocycles. The highest BCUT2D eigenvalue weighted by molar-refractivity contribution is 7.89. The first-order chi connectivity index (χ1) is 9.62. The lowest BCUT2D eigenvalue weighted by Crippen LogP contribution is -2.22. The molecule has 2 N–H and O–H groups in total. The number of aromatic nitrogens is 3. The molecule has 20 heavy (non-hydrogen) atoms. The largest absolute Gasteiger partial charge is 0.315 e. The van der Waals surface area contributed by atoms with Gasteiger partial charge in [0.25, 0.3) is 0 Å². The number of rotatable bonds is 8. The summed E-state index contributed by atoms with van der Waals surface area (Å²) in [6.07, 6.45) is 4.54. The summed E-state index contributed by atoms with van der Waals surface area (Å²) in [5, 5.41) is 7.20. The van der Waals surface area contributed by atoms with E-state index < -0.39 is 10.0 Å². The fourth-order valence-electron chi connectivity index (χ4n) is 1.55. The summed E-state index contributed by atoms with van der Waals surface area (Å²) >= 11 is 1.41. The van der Waals surface area contributed by atoms with Crippen LogP contribution in [0.5, 0.6) is 0 Å². The number of hydrogen-bond acceptors (Lipinski definition) is 6. The Labute approximate surface area is 122 Å². The van der Waals surface area contributed by atoms with Crippen LogP contribution in [0.15, 0.2) is 29.0 Å². The number of nitrogens with zero attached hydrogens (tertiary/aromatic N) is 3. The molecule has 0 aliphatic heterocycles. The number of thiazole rings is 1. The van der Waals surface area contributed by atoms with E-state index in [1.165, 1.54) is 23.7 Å². The number of likely N-dealkylation sites (N-methyl/N-ethyl adjacent to an activating group) is 1. The summed E-state index contributed by atoms with van der Waals surface area (Å²) in [5.74, 6) is 0. The van der Waals surface area contributed by atoms with Crippen LogP contribution >= 0.6 is 11.3 Å². The maximum absolute atomic E-state index is 12.1. The van der Waals surface area contributed by atoms with Crippen LogP contribution in [0, 0.1) is 0 Å². The Bertz CT molecular complexity index is 621. The highest BCUT2D eigenvalue weighted by Gasteiger charge is 2.16. The lowest BCUT2D eigenvalue weighted by molar-refractivity contribution is 0.563. The molecule has 2 rings (SSSR count). The highest BCUT2D eigenvalue weighted by Crippen LogP contribution is 2.10. The monoisotopic (exact) mass is 315 g/mol. The van der Waals surface area contributed by atoms with Crippen LogP contribution in [0.1, 0.15) is 11.8 Å². The minimum absolute atomic E-state index is 0.179. The van der Waals surface area contributed by atoms with E-state index in [2.05, 4.69) is 20.1 Å². The standard InChI is InChI=1S/C11H17N5O2S2/c1-2-12-3-4-16-8-11(7-14-16)20(17,18)15-6-10-5-13-9-19-10/h5,7-9,12,15H,2-4,6H2,1H3. The van der Waals surface area contributed by atoms with Crippen molar-refractivity contribution in [2.24, 2.45) is 0 Å². The lowest BCUT2D eigenvalue weighted by Gasteiger charge is -2.03. The SMILES string of the molecule is CCNCCn1cc(S(=O)(=O)NCc2cncs2)cn1. The van der Waals surface area contributed by atoms with Crippen LogP contribution < -0.4 is 10.0 Å². The van der Waals surface area contributed by atoms with Gasteiger partial charge in [-0.3, -0.25) is 9.67 Å². The smallest absolute Gasteiger partial charge is 0.244 e. The summed E-state index contributed by atoms with van der Waals surface area (Å²) in [5.41, 5.74) is 1.67. The summed E-state index contributed by atoms with van der Waals surface area (Å²) in [6.45, 7) is 4.53. The molecule has 0 amide bonds. The summed E-state index contributed by atoms with van der Waals surface area (Å²) in [4.78, 5) is 4.95. The van der Waals surface area contributed by atoms with E-state index in [1.807, 2.05) is 6.92 Å². The average Bonchev–Trinajstić information content (AvgIpc) is 3.08. The van der Waals surface area contributed by atoms with Gasteiger partial charge in [-0.25, -0.2) is 13.1 Å². The number of hydrogen-bond donors (Lipinski definition) is 2. The first kappa shape index (κ1) is 15.1. The molecular formula is C11H17N5O2S2. The molecule has 7 nitrogen and oxygen atoms in total. The van der Waals surface area contributed by atoms with E-state index >= 15 is 0 Å². The molecule has 9 heteroatoms. The molecule has 0 unspecified atom stereocenters. The third kappa shape index (κ3) is 4.10. The maximum Gasteiger partial charge on any atom is 0.244 e. The van der Waals surface area contributed by atoms with Gasteiger partial charge >= 0.3 is 0 Å². The fourth-order valence-corrected chi connectivity index (χ4v) is 3.14. The topological polar surface area (TPSA) is 88.9 Å². The van der Waals surface area contributed by atoms with Crippen molar-refractivity contribution in [2.45, 2.75) is 24.9 Å². The van der Waals surface area contributed by atoms with Crippen LogP contribution in [0.25, 0.3) is 0 Å². The van der Waals surface area contributed by atoms with Crippen LogP contribution in [-0.2, 0) is 23.1 Å². The number of sulfonamides is 1. The average molecular weight is 315 g/mol. The third-order valence-electron chi connectivity index (χ3n) is 2.61. The Kier molecular flexibility index (Phi) is 5.24. The van der Waals surface area contributed by atoms with Crippen molar-refractivity contribution in [2.75, 3.05) is 13.1 Å². The van der Waals surface area contributed by atoms with Crippen molar-refractivity contribution >= 4 is 21.4 Å². The molecule has 0 radical (unpaired) electrons. The Balaban J connectivity index is 1.95. The maximum atomic E-state index is 12.1. The van der Waals surface area contributed by atoms with Gasteiger partial charge in [-0.1, -0.05) is 6.92 Å². The second kappa shape index (κ2) is 6.93. The van der Waals surface area contributed by atoms with Crippen molar-refractivity contribution in [3.63, 3.8) is 0 Å². The molecule has 0 spiro atoms. The normalized spacial score (nSPS) is 11.8. The van der Waals surface area contributed by atoms with Gasteiger partial charge in [0.15, 0.2) is 0 Å². The minimum atomic E-state index is -3.52. The summed E-state index contributed by atoms with van der Waals surface area (Å²) in [7, 11) is -3.52. The van der Waals surface area contributed by atoms with E-state index in [9.17, 15) is 8.42 Å². The molecule has 0 saturated heterocycles. The predicted octanol–water partition coefficient (Wildman–Crippen LogP) is 0.428. The summed E-state index contributed by atoms with van der Waals surface area (Å²) in [6, 6.07) is 0. The van der Waals surface area contributed by atoms with Gasteiger partial charge in [0, 0.05) is 30.4 Å². The molecule has 0 saturated carbocycles. The molecular weight excluding hydrogens is 298 g/mol. The predicted molar refractivity (Wildman–Crippen MR) is 76.9 cm³/mol. The minimum Gasteiger partial charge on any atom is -0.315 e. The molecule has 0 atom stereocenters. The Morgan fingerprint density at radius 1 is 1.40 bits per heavy atom. The fraction of sp³-hybridized carbons (Fsp3) is 0.455. The zero-order valence-electron chi connectivity index (χ0n) is 11.1. The number of nitrogens with one attached hydrogen (secondary N) is 2. The molecule has 0 fully saturated rings. The van der Waals surface area contributed by atoms with Gasteiger partial charge in [0.2, 0.25) is 10.0 Å². The van der Waals surface area contributed by atoms with Gasteiger partial charge in [0.1, 0.15) is 4.90 Å². The van der Waals surface area contributed by atoms with Crippen LogP contribution in [-0.4, -0.2) is 36.3 Å². The third-order valence-corrected chi connectivity index (χ3v) is 4.74. The Morgan fingerprint density at radius 2 is 2.25 bits per heavy atom. The zero-order chi connectivity index (χ0) is 14.4. The van der Waals surface area contributed by atoms with E-state index in [-0.39, 0.29) is 11.4 Å². The van der Waals surface area contributed by atoms with Crippen molar-refractivity contribution in [3.05, 3.63) is 29.0 Å². The van der Waals surface area contributed by atoms with E-state index in [0.29, 0.717) is 6.54 Å². The summed E-state index contributed by atoms with van der Waals surface area (Å²) < 4.78 is 28.3. The zero-order valence-corrected chi connectivity index (χ0v) is 12.7. The molecule has 0 aliphatic rings. The van der Waals surface area contributed by atoms with Gasteiger partial charge in [-0.05, 0) is 6.54 Å². The van der Waals surface area contributed by atoms with Crippen LogP contribution in [0.2, 0.25) is 0 Å². The van der Waals surface area contributed by atoms with Crippen LogP contribution in [0.4, 0.5) is 0 Å². The van der Waals surface area contributed by atoms with E-state index in [1.54, 1.807) is 16.4 Å². The first-order valence-electron chi connectivity index (χ1n) is 6.22. The second-order valence-electron chi connectivity index (χ2n) is 4.08. The quantitative estimate of drug-likeness (QED) is 0.690. The van der Waals surface area contributed by atoms with E-state index in [0.717, 1.165) is 18.0 Å². The van der Waals surface area contributed by atoms with Gasteiger partial charge in [-0.2, -0.15) is 5.10 Å².